The number of benzene rings is 1. The quantitative estimate of drug-likeness (QED) is 0.803. The molecule has 0 heterocycles. The van der Waals surface area contributed by atoms with E-state index in [2.05, 4.69) is 6.07 Å². The van der Waals surface area contributed by atoms with E-state index in [0.29, 0.717) is 11.7 Å². The summed E-state index contributed by atoms with van der Waals surface area (Å²) >= 11 is 0. The summed E-state index contributed by atoms with van der Waals surface area (Å²) in [6.45, 7) is 0. The van der Waals surface area contributed by atoms with Crippen LogP contribution in [0.5, 0.6) is 11.5 Å². The largest absolute Gasteiger partial charge is 0.508 e. The predicted molar refractivity (Wildman–Crippen MR) is 60.5 cm³/mol. The number of phenolic OH excluding ortho intramolecular Hbond substituents is 1. The molecule has 1 aliphatic rings. The topological polar surface area (TPSA) is 29.5 Å². The van der Waals surface area contributed by atoms with Crippen molar-refractivity contribution in [3.8, 4) is 11.5 Å². The molecule has 2 rings (SSSR count). The lowest BCUT2D eigenvalue weighted by molar-refractivity contribution is 0.401. The first-order chi connectivity index (χ1) is 7.29. The Bertz CT molecular complexity index is 327. The molecule has 2 nitrogen and oxygen atoms in total. The molecule has 0 unspecified atom stereocenters. The Balaban J connectivity index is 2.22. The zero-order valence-corrected chi connectivity index (χ0v) is 9.20. The highest BCUT2D eigenvalue weighted by Gasteiger charge is 2.16. The molecule has 1 saturated carbocycles. The molecule has 1 aromatic carbocycles. The fourth-order valence-electron chi connectivity index (χ4n) is 2.40. The Morgan fingerprint density at radius 1 is 1.13 bits per heavy atom. The SMILES string of the molecule is COc1cc(O)cc(C2CCCCC2)c1. The van der Waals surface area contributed by atoms with Crippen LogP contribution in [0, 0.1) is 0 Å². The Kier molecular flexibility index (Phi) is 3.14. The van der Waals surface area contributed by atoms with Crippen LogP contribution < -0.4 is 4.74 Å². The zero-order valence-electron chi connectivity index (χ0n) is 9.20. The molecular weight excluding hydrogens is 188 g/mol. The molecule has 0 amide bonds. The molecule has 82 valence electrons. The third kappa shape index (κ3) is 2.44. The number of phenols is 1. The number of methoxy groups -OCH3 is 1. The molecule has 1 aliphatic carbocycles. The molecule has 0 bridgehead atoms. The molecule has 15 heavy (non-hydrogen) atoms. The fraction of sp³-hybridized carbons (Fsp3) is 0.538. The van der Waals surface area contributed by atoms with Crippen LogP contribution in [0.2, 0.25) is 0 Å². The van der Waals surface area contributed by atoms with Crippen LogP contribution in [0.15, 0.2) is 18.2 Å². The average molecular weight is 206 g/mol. The summed E-state index contributed by atoms with van der Waals surface area (Å²) in [6.07, 6.45) is 6.46. The van der Waals surface area contributed by atoms with Crippen molar-refractivity contribution in [3.63, 3.8) is 0 Å². The lowest BCUT2D eigenvalue weighted by Gasteiger charge is -2.22. The second-order valence-corrected chi connectivity index (χ2v) is 4.30. The maximum Gasteiger partial charge on any atom is 0.122 e. The maximum absolute atomic E-state index is 9.58. The highest BCUT2D eigenvalue weighted by Crippen LogP contribution is 2.35. The van der Waals surface area contributed by atoms with Crippen molar-refractivity contribution >= 4 is 0 Å². The predicted octanol–water partition coefficient (Wildman–Crippen LogP) is 3.45. The van der Waals surface area contributed by atoms with E-state index < -0.39 is 0 Å². The zero-order chi connectivity index (χ0) is 10.7. The van der Waals surface area contributed by atoms with E-state index in [4.69, 9.17) is 4.74 Å². The van der Waals surface area contributed by atoms with Crippen LogP contribution in [0.25, 0.3) is 0 Å². The van der Waals surface area contributed by atoms with E-state index in [1.54, 1.807) is 13.2 Å². The van der Waals surface area contributed by atoms with Crippen molar-refractivity contribution in [2.45, 2.75) is 38.0 Å². The Morgan fingerprint density at radius 3 is 2.53 bits per heavy atom. The number of rotatable bonds is 2. The van der Waals surface area contributed by atoms with Crippen LogP contribution in [-0.2, 0) is 0 Å². The van der Waals surface area contributed by atoms with Gasteiger partial charge in [-0.1, -0.05) is 19.3 Å². The minimum Gasteiger partial charge on any atom is -0.508 e. The molecule has 0 radical (unpaired) electrons. The first kappa shape index (κ1) is 10.3. The standard InChI is InChI=1S/C13H18O2/c1-15-13-8-11(7-12(14)9-13)10-5-3-2-4-6-10/h7-10,14H,2-6H2,1H3. The minimum atomic E-state index is 0.315. The van der Waals surface area contributed by atoms with Crippen LogP contribution >= 0.6 is 0 Å². The van der Waals surface area contributed by atoms with E-state index >= 15 is 0 Å². The van der Waals surface area contributed by atoms with Gasteiger partial charge in [0.15, 0.2) is 0 Å². The van der Waals surface area contributed by atoms with E-state index in [-0.39, 0.29) is 0 Å². The van der Waals surface area contributed by atoms with E-state index in [1.807, 2.05) is 6.07 Å². The van der Waals surface area contributed by atoms with Gasteiger partial charge in [0.2, 0.25) is 0 Å². The molecule has 0 aliphatic heterocycles. The van der Waals surface area contributed by atoms with Crippen LogP contribution in [0.3, 0.4) is 0 Å². The normalized spacial score (nSPS) is 17.7. The summed E-state index contributed by atoms with van der Waals surface area (Å²) in [5.74, 6) is 1.69. The summed E-state index contributed by atoms with van der Waals surface area (Å²) in [4.78, 5) is 0. The number of aromatic hydroxyl groups is 1. The molecule has 0 aromatic heterocycles. The third-order valence-electron chi connectivity index (χ3n) is 3.23. The fourth-order valence-corrected chi connectivity index (χ4v) is 2.40. The maximum atomic E-state index is 9.58. The van der Waals surface area contributed by atoms with Gasteiger partial charge in [0.1, 0.15) is 11.5 Å². The van der Waals surface area contributed by atoms with Crippen molar-refractivity contribution in [1.29, 1.82) is 0 Å². The Labute approximate surface area is 90.9 Å². The van der Waals surface area contributed by atoms with E-state index in [9.17, 15) is 5.11 Å². The molecule has 1 fully saturated rings. The summed E-state index contributed by atoms with van der Waals surface area (Å²) in [5.41, 5.74) is 1.23. The van der Waals surface area contributed by atoms with Gasteiger partial charge in [0.05, 0.1) is 7.11 Å². The Morgan fingerprint density at radius 2 is 1.87 bits per heavy atom. The average Bonchev–Trinajstić information content (AvgIpc) is 2.29. The second-order valence-electron chi connectivity index (χ2n) is 4.30. The van der Waals surface area contributed by atoms with Gasteiger partial charge in [-0.3, -0.25) is 0 Å². The first-order valence-corrected chi connectivity index (χ1v) is 5.67. The number of ether oxygens (including phenoxy) is 1. The van der Waals surface area contributed by atoms with E-state index in [1.165, 1.54) is 37.7 Å². The number of hydrogen-bond acceptors (Lipinski definition) is 2. The van der Waals surface area contributed by atoms with Crippen molar-refractivity contribution in [2.75, 3.05) is 7.11 Å². The smallest absolute Gasteiger partial charge is 0.122 e. The monoisotopic (exact) mass is 206 g/mol. The van der Waals surface area contributed by atoms with Gasteiger partial charge in [-0.2, -0.15) is 0 Å². The number of hydrogen-bond donors (Lipinski definition) is 1. The summed E-state index contributed by atoms with van der Waals surface area (Å²) in [5, 5.41) is 9.58. The highest BCUT2D eigenvalue weighted by molar-refractivity contribution is 5.39. The van der Waals surface area contributed by atoms with Crippen molar-refractivity contribution in [1.82, 2.24) is 0 Å². The van der Waals surface area contributed by atoms with Crippen LogP contribution in [0.1, 0.15) is 43.6 Å². The molecule has 0 saturated heterocycles. The summed E-state index contributed by atoms with van der Waals surface area (Å²) in [6, 6.07) is 5.58. The summed E-state index contributed by atoms with van der Waals surface area (Å²) in [7, 11) is 1.64. The van der Waals surface area contributed by atoms with Crippen LogP contribution in [-0.4, -0.2) is 12.2 Å². The van der Waals surface area contributed by atoms with E-state index in [0.717, 1.165) is 5.75 Å². The second kappa shape index (κ2) is 4.56. The Hall–Kier alpha value is -1.18. The van der Waals surface area contributed by atoms with Crippen molar-refractivity contribution < 1.29 is 9.84 Å². The van der Waals surface area contributed by atoms with Crippen molar-refractivity contribution in [3.05, 3.63) is 23.8 Å². The molecule has 0 atom stereocenters. The lowest BCUT2D eigenvalue weighted by atomic mass is 9.84. The molecular formula is C13H18O2. The molecule has 1 aromatic rings. The lowest BCUT2D eigenvalue weighted by Crippen LogP contribution is -2.04. The van der Waals surface area contributed by atoms with Crippen molar-refractivity contribution in [2.24, 2.45) is 0 Å². The van der Waals surface area contributed by atoms with Gasteiger partial charge in [-0.15, -0.1) is 0 Å². The third-order valence-corrected chi connectivity index (χ3v) is 3.23. The van der Waals surface area contributed by atoms with Gasteiger partial charge in [0.25, 0.3) is 0 Å². The molecule has 1 N–H and O–H groups in total. The highest BCUT2D eigenvalue weighted by atomic mass is 16.5. The van der Waals surface area contributed by atoms with Gasteiger partial charge >= 0.3 is 0 Å². The summed E-state index contributed by atoms with van der Waals surface area (Å²) < 4.78 is 5.17. The minimum absolute atomic E-state index is 0.315. The van der Waals surface area contributed by atoms with Gasteiger partial charge in [0, 0.05) is 6.07 Å². The van der Waals surface area contributed by atoms with Gasteiger partial charge in [-0.05, 0) is 36.5 Å². The van der Waals surface area contributed by atoms with Gasteiger partial charge < -0.3 is 9.84 Å². The molecule has 0 spiro atoms. The van der Waals surface area contributed by atoms with Gasteiger partial charge in [-0.25, -0.2) is 0 Å². The van der Waals surface area contributed by atoms with Crippen LogP contribution in [0.4, 0.5) is 0 Å². The first-order valence-electron chi connectivity index (χ1n) is 5.67. The molecule has 2 heteroatoms.